The van der Waals surface area contributed by atoms with E-state index in [0.29, 0.717) is 18.0 Å². The molecule has 0 N–H and O–H groups in total. The van der Waals surface area contributed by atoms with Crippen molar-refractivity contribution in [3.8, 4) is 0 Å². The van der Waals surface area contributed by atoms with Gasteiger partial charge in [0.1, 0.15) is 0 Å². The van der Waals surface area contributed by atoms with Crippen LogP contribution in [0, 0.1) is 19.8 Å². The van der Waals surface area contributed by atoms with Crippen molar-refractivity contribution in [2.24, 2.45) is 5.92 Å². The van der Waals surface area contributed by atoms with Crippen LogP contribution in [0.25, 0.3) is 5.57 Å². The van der Waals surface area contributed by atoms with Gasteiger partial charge < -0.3 is 4.90 Å². The predicted molar refractivity (Wildman–Crippen MR) is 99.7 cm³/mol. The summed E-state index contributed by atoms with van der Waals surface area (Å²) in [6.45, 7) is 6.77. The van der Waals surface area contributed by atoms with Gasteiger partial charge in [-0.25, -0.2) is 0 Å². The molecule has 1 nitrogen and oxygen atoms in total. The quantitative estimate of drug-likeness (QED) is 0.684. The first-order chi connectivity index (χ1) is 11.6. The van der Waals surface area contributed by atoms with E-state index in [1.165, 1.54) is 27.8 Å². The lowest BCUT2D eigenvalue weighted by Crippen LogP contribution is -2.32. The largest absolute Gasteiger partial charge is 0.362 e. The molecule has 0 radical (unpaired) electrons. The Bertz CT molecular complexity index is 868. The third-order valence-corrected chi connectivity index (χ3v) is 5.97. The molecule has 4 unspecified atom stereocenters. The zero-order valence-corrected chi connectivity index (χ0v) is 14.5. The fraction of sp³-hybridized carbons (Fsp3) is 0.304. The summed E-state index contributed by atoms with van der Waals surface area (Å²) in [5.41, 5.74) is 8.42. The Morgan fingerprint density at radius 3 is 2.38 bits per heavy atom. The lowest BCUT2D eigenvalue weighted by molar-refractivity contribution is 0.285. The van der Waals surface area contributed by atoms with Crippen molar-refractivity contribution in [2.75, 3.05) is 0 Å². The number of hydrogen-bond acceptors (Lipinski definition) is 1. The van der Waals surface area contributed by atoms with Crippen molar-refractivity contribution in [1.29, 1.82) is 0 Å². The number of nitrogens with zero attached hydrogens (tertiary/aromatic N) is 1. The van der Waals surface area contributed by atoms with Gasteiger partial charge in [0.15, 0.2) is 0 Å². The summed E-state index contributed by atoms with van der Waals surface area (Å²) >= 11 is 0. The number of rotatable bonds is 1. The van der Waals surface area contributed by atoms with Crippen LogP contribution in [0.3, 0.4) is 0 Å². The summed E-state index contributed by atoms with van der Waals surface area (Å²) in [4.78, 5) is 2.62. The molecule has 1 heteroatoms. The molecule has 0 aromatic heterocycles. The van der Waals surface area contributed by atoms with Crippen molar-refractivity contribution >= 4 is 5.57 Å². The normalized spacial score (nSPS) is 29.5. The topological polar surface area (TPSA) is 3.24 Å². The Labute approximate surface area is 144 Å². The van der Waals surface area contributed by atoms with Crippen LogP contribution in [-0.2, 0) is 0 Å². The minimum atomic E-state index is 0.405. The minimum absolute atomic E-state index is 0.405. The van der Waals surface area contributed by atoms with Crippen LogP contribution in [-0.4, -0.2) is 10.9 Å². The maximum absolute atomic E-state index is 2.62. The summed E-state index contributed by atoms with van der Waals surface area (Å²) in [6.07, 6.45) is 7.13. The van der Waals surface area contributed by atoms with Gasteiger partial charge >= 0.3 is 0 Å². The lowest BCUT2D eigenvalue weighted by atomic mass is 9.89. The van der Waals surface area contributed by atoms with E-state index < -0.39 is 0 Å². The zero-order chi connectivity index (χ0) is 16.4. The summed E-state index contributed by atoms with van der Waals surface area (Å²) in [5.74, 6) is 1.46. The van der Waals surface area contributed by atoms with Crippen molar-refractivity contribution in [2.45, 2.75) is 38.8 Å². The number of allylic oxidation sites excluding steroid dienone is 2. The Hall–Kier alpha value is -2.28. The van der Waals surface area contributed by atoms with Crippen molar-refractivity contribution < 1.29 is 0 Å². The van der Waals surface area contributed by atoms with E-state index in [1.807, 2.05) is 0 Å². The highest BCUT2D eigenvalue weighted by Crippen LogP contribution is 2.59. The van der Waals surface area contributed by atoms with Crippen LogP contribution in [0.15, 0.2) is 60.8 Å². The van der Waals surface area contributed by atoms with Crippen molar-refractivity contribution in [3.05, 3.63) is 88.6 Å². The molecule has 24 heavy (non-hydrogen) atoms. The third-order valence-electron chi connectivity index (χ3n) is 5.97. The highest BCUT2D eigenvalue weighted by molar-refractivity contribution is 5.76. The van der Waals surface area contributed by atoms with Crippen LogP contribution in [0.4, 0.5) is 0 Å². The van der Waals surface area contributed by atoms with Gasteiger partial charge in [-0.15, -0.1) is 0 Å². The number of fused-ring (bicyclic) bond motifs is 6. The molecule has 0 amide bonds. The highest BCUT2D eigenvalue weighted by Gasteiger charge is 2.56. The monoisotopic (exact) mass is 313 g/mol. The molecule has 5 rings (SSSR count). The predicted octanol–water partition coefficient (Wildman–Crippen LogP) is 5.37. The summed E-state index contributed by atoms with van der Waals surface area (Å²) < 4.78 is 0. The van der Waals surface area contributed by atoms with Gasteiger partial charge in [0.05, 0.1) is 6.04 Å². The molecule has 3 aliphatic rings. The SMILES string of the molecule is Cc1cc(C)cc(C2=CN3C(C=C2)c2ccccc2C2C(C)C23)c1. The first-order valence-corrected chi connectivity index (χ1v) is 8.98. The second kappa shape index (κ2) is 4.86. The second-order valence-electron chi connectivity index (χ2n) is 7.72. The Kier molecular flexibility index (Phi) is 2.85. The fourth-order valence-electron chi connectivity index (χ4n) is 4.88. The minimum Gasteiger partial charge on any atom is -0.362 e. The van der Waals surface area contributed by atoms with Gasteiger partial charge in [-0.05, 0) is 42.0 Å². The maximum atomic E-state index is 2.62. The Balaban J connectivity index is 1.59. The maximum Gasteiger partial charge on any atom is 0.0730 e. The zero-order valence-electron chi connectivity index (χ0n) is 14.5. The molecule has 0 bridgehead atoms. The smallest absolute Gasteiger partial charge is 0.0730 e. The summed E-state index contributed by atoms with van der Waals surface area (Å²) in [6, 6.07) is 16.9. The van der Waals surface area contributed by atoms with E-state index in [1.54, 1.807) is 5.56 Å². The molecular weight excluding hydrogens is 290 g/mol. The molecule has 0 spiro atoms. The van der Waals surface area contributed by atoms with Crippen LogP contribution in [0.1, 0.15) is 46.7 Å². The summed E-state index contributed by atoms with van der Waals surface area (Å²) in [5, 5.41) is 0. The summed E-state index contributed by atoms with van der Waals surface area (Å²) in [7, 11) is 0. The Morgan fingerprint density at radius 1 is 0.917 bits per heavy atom. The molecule has 1 saturated carbocycles. The van der Waals surface area contributed by atoms with Crippen LogP contribution < -0.4 is 0 Å². The Morgan fingerprint density at radius 2 is 1.62 bits per heavy atom. The van der Waals surface area contributed by atoms with E-state index in [0.717, 1.165) is 5.92 Å². The van der Waals surface area contributed by atoms with Gasteiger partial charge in [0.2, 0.25) is 0 Å². The van der Waals surface area contributed by atoms with Crippen molar-refractivity contribution in [1.82, 2.24) is 4.90 Å². The molecule has 2 aromatic rings. The van der Waals surface area contributed by atoms with Gasteiger partial charge in [-0.2, -0.15) is 0 Å². The molecule has 120 valence electrons. The molecule has 4 atom stereocenters. The molecule has 2 aromatic carbocycles. The second-order valence-corrected chi connectivity index (χ2v) is 7.72. The number of aryl methyl sites for hydroxylation is 2. The van der Waals surface area contributed by atoms with Crippen LogP contribution in [0.2, 0.25) is 0 Å². The molecule has 1 fully saturated rings. The standard InChI is InChI=1S/C23H23N/c1-14-10-15(2)12-18(11-14)17-8-9-21-19-6-4-5-7-20(19)22-16(3)23(22)24(21)13-17/h4-13,16,21-23H,1-3H3. The van der Waals surface area contributed by atoms with Crippen LogP contribution in [0.5, 0.6) is 0 Å². The molecule has 2 heterocycles. The molecular formula is C23H23N. The van der Waals surface area contributed by atoms with Gasteiger partial charge in [-0.1, -0.05) is 72.7 Å². The van der Waals surface area contributed by atoms with Gasteiger partial charge in [0, 0.05) is 18.2 Å². The molecule has 2 aliphatic heterocycles. The molecule has 1 aliphatic carbocycles. The third kappa shape index (κ3) is 1.94. The van der Waals surface area contributed by atoms with Gasteiger partial charge in [0.25, 0.3) is 0 Å². The van der Waals surface area contributed by atoms with Crippen LogP contribution >= 0.6 is 0 Å². The van der Waals surface area contributed by atoms with Gasteiger partial charge in [-0.3, -0.25) is 0 Å². The van der Waals surface area contributed by atoms with E-state index in [2.05, 4.69) is 86.5 Å². The number of hydrogen-bond donors (Lipinski definition) is 0. The van der Waals surface area contributed by atoms with E-state index >= 15 is 0 Å². The lowest BCUT2D eigenvalue weighted by Gasteiger charge is -2.37. The molecule has 0 saturated heterocycles. The highest BCUT2D eigenvalue weighted by atomic mass is 15.2. The van der Waals surface area contributed by atoms with E-state index in [9.17, 15) is 0 Å². The first-order valence-electron chi connectivity index (χ1n) is 8.98. The van der Waals surface area contributed by atoms with E-state index in [-0.39, 0.29) is 0 Å². The van der Waals surface area contributed by atoms with Crippen molar-refractivity contribution in [3.63, 3.8) is 0 Å². The average molecular weight is 313 g/mol. The fourth-order valence-corrected chi connectivity index (χ4v) is 4.88. The first kappa shape index (κ1) is 14.1. The average Bonchev–Trinajstić information content (AvgIpc) is 3.26. The van der Waals surface area contributed by atoms with E-state index in [4.69, 9.17) is 0 Å². The number of benzene rings is 2.